The topological polar surface area (TPSA) is 97.0 Å². The fraction of sp³-hybridized carbons (Fsp3) is 0.250. The zero-order chi connectivity index (χ0) is 15.7. The Balaban J connectivity index is 2.19. The molecule has 0 saturated carbocycles. The molecule has 0 fully saturated rings. The number of nitrogens with zero attached hydrogens (tertiary/aromatic N) is 2. The van der Waals surface area contributed by atoms with Gasteiger partial charge in [-0.2, -0.15) is 5.26 Å². The molecule has 0 radical (unpaired) electrons. The second kappa shape index (κ2) is 5.54. The van der Waals surface area contributed by atoms with Crippen LogP contribution in [-0.4, -0.2) is 17.3 Å². The van der Waals surface area contributed by atoms with Crippen LogP contribution < -0.4 is 10.5 Å². The lowest BCUT2D eigenvalue weighted by Gasteiger charge is -2.24. The maximum atomic E-state index is 9.50. The molecule has 1 aromatic heterocycles. The Morgan fingerprint density at radius 2 is 2.14 bits per heavy atom. The van der Waals surface area contributed by atoms with E-state index in [4.69, 9.17) is 15.2 Å². The van der Waals surface area contributed by atoms with E-state index < -0.39 is 0 Å². The Hall–Kier alpha value is -2.78. The smallest absolute Gasteiger partial charge is 0.244 e. The van der Waals surface area contributed by atoms with Gasteiger partial charge in [0.05, 0.1) is 23.8 Å². The minimum Gasteiger partial charge on any atom is -0.420 e. The second-order valence-electron chi connectivity index (χ2n) is 5.19. The molecule has 1 aliphatic rings. The number of ether oxygens (including phenoxy) is 2. The van der Waals surface area contributed by atoms with Gasteiger partial charge in [0.25, 0.3) is 0 Å². The molecule has 22 heavy (non-hydrogen) atoms. The van der Waals surface area contributed by atoms with E-state index in [2.05, 4.69) is 16.3 Å². The zero-order valence-electron chi connectivity index (χ0n) is 12.4. The lowest BCUT2D eigenvalue weighted by atomic mass is 9.84. The van der Waals surface area contributed by atoms with E-state index in [-0.39, 0.29) is 11.8 Å². The predicted molar refractivity (Wildman–Crippen MR) is 79.8 cm³/mol. The standard InChI is InChI=1S/C16H16N4O2/c1-9-3-5-10(6-4-9)13-11(7-17)15(18)22-16-14(13)12(8-21-2)19-20-16/h3-6,13H,8,18H2,1-2H3,(H,19,20). The molecule has 2 aromatic rings. The van der Waals surface area contributed by atoms with Crippen molar-refractivity contribution in [2.24, 2.45) is 5.73 Å². The Morgan fingerprint density at radius 3 is 2.77 bits per heavy atom. The van der Waals surface area contributed by atoms with Crippen LogP contribution in [0.3, 0.4) is 0 Å². The van der Waals surface area contributed by atoms with Crippen molar-refractivity contribution in [1.82, 2.24) is 10.2 Å². The van der Waals surface area contributed by atoms with Crippen LogP contribution in [0.15, 0.2) is 35.7 Å². The predicted octanol–water partition coefficient (Wildman–Crippen LogP) is 2.08. The molecule has 6 nitrogen and oxygen atoms in total. The fourth-order valence-corrected chi connectivity index (χ4v) is 2.66. The first-order chi connectivity index (χ1) is 10.7. The number of hydrogen-bond acceptors (Lipinski definition) is 5. The van der Waals surface area contributed by atoms with Gasteiger partial charge in [-0.3, -0.25) is 5.10 Å². The van der Waals surface area contributed by atoms with Crippen LogP contribution in [0, 0.1) is 18.3 Å². The molecule has 6 heteroatoms. The molecule has 0 amide bonds. The number of aromatic amines is 1. The highest BCUT2D eigenvalue weighted by Crippen LogP contribution is 2.42. The normalized spacial score (nSPS) is 16.9. The summed E-state index contributed by atoms with van der Waals surface area (Å²) in [4.78, 5) is 0. The molecule has 0 bridgehead atoms. The Morgan fingerprint density at radius 1 is 1.41 bits per heavy atom. The number of hydrogen-bond donors (Lipinski definition) is 2. The number of nitrogens with two attached hydrogens (primary N) is 1. The van der Waals surface area contributed by atoms with Gasteiger partial charge in [-0.05, 0) is 12.5 Å². The van der Waals surface area contributed by atoms with Crippen LogP contribution in [-0.2, 0) is 11.3 Å². The van der Waals surface area contributed by atoms with Crippen LogP contribution in [0.5, 0.6) is 5.88 Å². The van der Waals surface area contributed by atoms with Gasteiger partial charge in [-0.25, -0.2) is 0 Å². The molecule has 112 valence electrons. The SMILES string of the molecule is COCc1[nH]nc2c1C(c1ccc(C)cc1)C(C#N)=C(N)O2. The van der Waals surface area contributed by atoms with E-state index in [1.807, 2.05) is 31.2 Å². The van der Waals surface area contributed by atoms with Crippen molar-refractivity contribution in [2.75, 3.05) is 7.11 Å². The van der Waals surface area contributed by atoms with E-state index in [0.717, 1.165) is 22.4 Å². The Labute approximate surface area is 128 Å². The molecule has 1 aromatic carbocycles. The van der Waals surface area contributed by atoms with Gasteiger partial charge < -0.3 is 15.2 Å². The van der Waals surface area contributed by atoms with Crippen LogP contribution in [0.25, 0.3) is 0 Å². The molecule has 1 unspecified atom stereocenters. The third-order valence-corrected chi connectivity index (χ3v) is 3.72. The molecule has 3 N–H and O–H groups in total. The Bertz CT molecular complexity index is 768. The van der Waals surface area contributed by atoms with Gasteiger partial charge in [0.15, 0.2) is 0 Å². The lowest BCUT2D eigenvalue weighted by Crippen LogP contribution is -2.21. The molecule has 1 atom stereocenters. The summed E-state index contributed by atoms with van der Waals surface area (Å²) in [5.74, 6) is 0.184. The van der Waals surface area contributed by atoms with E-state index in [1.54, 1.807) is 7.11 Å². The molecule has 0 spiro atoms. The summed E-state index contributed by atoms with van der Waals surface area (Å²) in [5.41, 5.74) is 9.98. The van der Waals surface area contributed by atoms with Gasteiger partial charge in [0.2, 0.25) is 11.8 Å². The molecule has 0 saturated heterocycles. The van der Waals surface area contributed by atoms with Crippen LogP contribution >= 0.6 is 0 Å². The average Bonchev–Trinajstić information content (AvgIpc) is 2.90. The number of aromatic nitrogens is 2. The second-order valence-corrected chi connectivity index (χ2v) is 5.19. The van der Waals surface area contributed by atoms with Gasteiger partial charge in [0.1, 0.15) is 11.6 Å². The maximum absolute atomic E-state index is 9.50. The van der Waals surface area contributed by atoms with Gasteiger partial charge in [-0.15, -0.1) is 5.10 Å². The highest BCUT2D eigenvalue weighted by atomic mass is 16.5. The highest BCUT2D eigenvalue weighted by molar-refractivity contribution is 5.55. The summed E-state index contributed by atoms with van der Waals surface area (Å²) < 4.78 is 10.7. The van der Waals surface area contributed by atoms with E-state index in [1.165, 1.54) is 0 Å². The van der Waals surface area contributed by atoms with Gasteiger partial charge >= 0.3 is 0 Å². The van der Waals surface area contributed by atoms with Crippen molar-refractivity contribution < 1.29 is 9.47 Å². The molecular weight excluding hydrogens is 280 g/mol. The summed E-state index contributed by atoms with van der Waals surface area (Å²) >= 11 is 0. The number of methoxy groups -OCH3 is 1. The molecule has 3 rings (SSSR count). The quantitative estimate of drug-likeness (QED) is 0.903. The number of allylic oxidation sites excluding steroid dienone is 1. The minimum atomic E-state index is -0.307. The molecular formula is C16H16N4O2. The fourth-order valence-electron chi connectivity index (χ4n) is 2.66. The van der Waals surface area contributed by atoms with Crippen LogP contribution in [0.4, 0.5) is 0 Å². The summed E-state index contributed by atoms with van der Waals surface area (Å²) in [7, 11) is 1.60. The maximum Gasteiger partial charge on any atom is 0.244 e. The number of aryl methyl sites for hydroxylation is 1. The van der Waals surface area contributed by atoms with Crippen LogP contribution in [0.1, 0.15) is 28.3 Å². The zero-order valence-corrected chi connectivity index (χ0v) is 12.4. The van der Waals surface area contributed by atoms with E-state index >= 15 is 0 Å². The van der Waals surface area contributed by atoms with Crippen molar-refractivity contribution in [3.8, 4) is 11.9 Å². The third-order valence-electron chi connectivity index (χ3n) is 3.72. The summed E-state index contributed by atoms with van der Waals surface area (Å²) in [6.45, 7) is 2.37. The van der Waals surface area contributed by atoms with Crippen molar-refractivity contribution in [3.05, 3.63) is 58.1 Å². The summed E-state index contributed by atoms with van der Waals surface area (Å²) in [5, 5.41) is 16.5. The van der Waals surface area contributed by atoms with E-state index in [9.17, 15) is 5.26 Å². The van der Waals surface area contributed by atoms with Crippen LogP contribution in [0.2, 0.25) is 0 Å². The first kappa shape index (κ1) is 14.2. The first-order valence-electron chi connectivity index (χ1n) is 6.86. The number of benzene rings is 1. The van der Waals surface area contributed by atoms with Crippen molar-refractivity contribution in [2.45, 2.75) is 19.4 Å². The van der Waals surface area contributed by atoms with E-state index in [0.29, 0.717) is 18.1 Å². The number of nitrogens with one attached hydrogen (secondary N) is 1. The van der Waals surface area contributed by atoms with Gasteiger partial charge in [-0.1, -0.05) is 29.8 Å². The third kappa shape index (κ3) is 2.22. The summed E-state index contributed by atoms with van der Waals surface area (Å²) in [6, 6.07) is 10.2. The van der Waals surface area contributed by atoms with Gasteiger partial charge in [0, 0.05) is 7.11 Å². The number of H-pyrrole nitrogens is 1. The molecule has 0 aliphatic carbocycles. The molecule has 2 heterocycles. The number of rotatable bonds is 3. The highest BCUT2D eigenvalue weighted by Gasteiger charge is 2.34. The lowest BCUT2D eigenvalue weighted by molar-refractivity contribution is 0.180. The Kier molecular flexibility index (Phi) is 3.57. The monoisotopic (exact) mass is 296 g/mol. The molecule has 1 aliphatic heterocycles. The average molecular weight is 296 g/mol. The first-order valence-corrected chi connectivity index (χ1v) is 6.86. The van der Waals surface area contributed by atoms with Crippen molar-refractivity contribution >= 4 is 0 Å². The number of fused-ring (bicyclic) bond motifs is 1. The minimum absolute atomic E-state index is 0.0936. The largest absolute Gasteiger partial charge is 0.420 e. The van der Waals surface area contributed by atoms with Crippen molar-refractivity contribution in [1.29, 1.82) is 5.26 Å². The van der Waals surface area contributed by atoms with Crippen molar-refractivity contribution in [3.63, 3.8) is 0 Å². The number of nitriles is 1. The summed E-state index contributed by atoms with van der Waals surface area (Å²) in [6.07, 6.45) is 0.